The van der Waals surface area contributed by atoms with E-state index in [1.807, 2.05) is 0 Å². The van der Waals surface area contributed by atoms with Crippen molar-refractivity contribution in [1.82, 2.24) is 0 Å². The fraction of sp³-hybridized carbons (Fsp3) is 0.300. The van der Waals surface area contributed by atoms with Crippen LogP contribution >= 0.6 is 0 Å². The minimum Gasteiger partial charge on any atom is -0.504 e. The van der Waals surface area contributed by atoms with Gasteiger partial charge in [-0.1, -0.05) is 0 Å². The van der Waals surface area contributed by atoms with Crippen LogP contribution < -0.4 is 4.74 Å². The van der Waals surface area contributed by atoms with Gasteiger partial charge in [0, 0.05) is 0 Å². The quantitative estimate of drug-likeness (QED) is 0.713. The average Bonchev–Trinajstić information content (AvgIpc) is 2.26. The Hall–Kier alpha value is -1.75. The van der Waals surface area contributed by atoms with E-state index in [4.69, 9.17) is 14.6 Å². The van der Waals surface area contributed by atoms with Crippen molar-refractivity contribution < 1.29 is 24.5 Å². The molecule has 0 fully saturated rings. The number of benzene rings is 1. The lowest BCUT2D eigenvalue weighted by atomic mass is 10.2. The first-order valence-electron chi connectivity index (χ1n) is 4.34. The highest BCUT2D eigenvalue weighted by Crippen LogP contribution is 2.26. The summed E-state index contributed by atoms with van der Waals surface area (Å²) < 4.78 is 9.52. The lowest BCUT2D eigenvalue weighted by Gasteiger charge is -2.06. The van der Waals surface area contributed by atoms with Crippen molar-refractivity contribution in [2.75, 3.05) is 20.3 Å². The van der Waals surface area contributed by atoms with Gasteiger partial charge in [-0.25, -0.2) is 4.79 Å². The summed E-state index contributed by atoms with van der Waals surface area (Å²) >= 11 is 0. The third-order valence-corrected chi connectivity index (χ3v) is 1.74. The molecule has 1 rings (SSSR count). The molecule has 5 heteroatoms. The summed E-state index contributed by atoms with van der Waals surface area (Å²) in [5.41, 5.74) is 0.262. The predicted molar refractivity (Wildman–Crippen MR) is 52.0 cm³/mol. The molecule has 0 saturated carbocycles. The lowest BCUT2D eigenvalue weighted by molar-refractivity contribution is 0.0433. The lowest BCUT2D eigenvalue weighted by Crippen LogP contribution is -2.08. The Kier molecular flexibility index (Phi) is 3.93. The first kappa shape index (κ1) is 11.3. The number of methoxy groups -OCH3 is 1. The smallest absolute Gasteiger partial charge is 0.338 e. The molecule has 1 aromatic carbocycles. The van der Waals surface area contributed by atoms with E-state index in [-0.39, 0.29) is 30.3 Å². The standard InChI is InChI=1S/C10H12O5/c1-14-9-6-7(2-3-8(9)12)10(13)15-5-4-11/h2-3,6,11-12H,4-5H2,1H3. The van der Waals surface area contributed by atoms with Crippen LogP contribution in [0.1, 0.15) is 10.4 Å². The molecular formula is C10H12O5. The molecule has 0 aliphatic heterocycles. The monoisotopic (exact) mass is 212 g/mol. The molecule has 0 radical (unpaired) electrons. The van der Waals surface area contributed by atoms with Gasteiger partial charge in [0.2, 0.25) is 0 Å². The van der Waals surface area contributed by atoms with Crippen molar-refractivity contribution in [3.63, 3.8) is 0 Å². The second kappa shape index (κ2) is 5.21. The number of rotatable bonds is 4. The van der Waals surface area contributed by atoms with Gasteiger partial charge in [0.25, 0.3) is 0 Å². The zero-order valence-corrected chi connectivity index (χ0v) is 8.27. The Morgan fingerprint density at radius 1 is 1.47 bits per heavy atom. The van der Waals surface area contributed by atoms with Gasteiger partial charge >= 0.3 is 5.97 Å². The van der Waals surface area contributed by atoms with Gasteiger partial charge in [0.05, 0.1) is 19.3 Å². The molecule has 0 aliphatic carbocycles. The molecule has 0 bridgehead atoms. The number of ether oxygens (including phenoxy) is 2. The summed E-state index contributed by atoms with van der Waals surface area (Å²) in [7, 11) is 1.39. The number of phenols is 1. The van der Waals surface area contributed by atoms with Gasteiger partial charge in [0.1, 0.15) is 6.61 Å². The summed E-state index contributed by atoms with van der Waals surface area (Å²) in [4.78, 5) is 11.3. The Morgan fingerprint density at radius 2 is 2.20 bits per heavy atom. The van der Waals surface area contributed by atoms with Gasteiger partial charge in [-0.05, 0) is 18.2 Å². The fourth-order valence-corrected chi connectivity index (χ4v) is 1.03. The third-order valence-electron chi connectivity index (χ3n) is 1.74. The van der Waals surface area contributed by atoms with E-state index < -0.39 is 5.97 Å². The fourth-order valence-electron chi connectivity index (χ4n) is 1.03. The average molecular weight is 212 g/mol. The normalized spacial score (nSPS) is 9.73. The first-order valence-corrected chi connectivity index (χ1v) is 4.34. The number of hydrogen-bond acceptors (Lipinski definition) is 5. The largest absolute Gasteiger partial charge is 0.504 e. The first-order chi connectivity index (χ1) is 7.19. The summed E-state index contributed by atoms with van der Waals surface area (Å²) in [5.74, 6) is -0.410. The van der Waals surface area contributed by atoms with Crippen LogP contribution in [-0.2, 0) is 4.74 Å². The molecular weight excluding hydrogens is 200 g/mol. The summed E-state index contributed by atoms with van der Waals surface area (Å²) in [6.07, 6.45) is 0. The maximum absolute atomic E-state index is 11.3. The van der Waals surface area contributed by atoms with E-state index in [0.717, 1.165) is 0 Å². The number of aliphatic hydroxyl groups is 1. The maximum atomic E-state index is 11.3. The van der Waals surface area contributed by atoms with Crippen LogP contribution in [0.4, 0.5) is 0 Å². The van der Waals surface area contributed by atoms with Gasteiger partial charge in [0.15, 0.2) is 11.5 Å². The topological polar surface area (TPSA) is 76.0 Å². The van der Waals surface area contributed by atoms with Gasteiger partial charge in [-0.2, -0.15) is 0 Å². The minimum absolute atomic E-state index is 0.0452. The molecule has 15 heavy (non-hydrogen) atoms. The molecule has 82 valence electrons. The molecule has 0 spiro atoms. The highest BCUT2D eigenvalue weighted by atomic mass is 16.5. The van der Waals surface area contributed by atoms with E-state index in [0.29, 0.717) is 0 Å². The molecule has 0 saturated heterocycles. The molecule has 0 aromatic heterocycles. The minimum atomic E-state index is -0.567. The highest BCUT2D eigenvalue weighted by molar-refractivity contribution is 5.90. The van der Waals surface area contributed by atoms with E-state index >= 15 is 0 Å². The molecule has 0 heterocycles. The van der Waals surface area contributed by atoms with Crippen molar-refractivity contribution >= 4 is 5.97 Å². The summed E-state index contributed by atoms with van der Waals surface area (Å²) in [6, 6.07) is 4.13. The number of aliphatic hydroxyl groups excluding tert-OH is 1. The molecule has 0 unspecified atom stereocenters. The number of carbonyl (C=O) groups is 1. The predicted octanol–water partition coefficient (Wildman–Crippen LogP) is 0.550. The Balaban J connectivity index is 2.81. The third kappa shape index (κ3) is 2.85. The zero-order chi connectivity index (χ0) is 11.3. The van der Waals surface area contributed by atoms with E-state index in [2.05, 4.69) is 0 Å². The van der Waals surface area contributed by atoms with Crippen molar-refractivity contribution in [1.29, 1.82) is 0 Å². The van der Waals surface area contributed by atoms with Crippen LogP contribution in [0.15, 0.2) is 18.2 Å². The van der Waals surface area contributed by atoms with E-state index in [9.17, 15) is 9.90 Å². The number of aromatic hydroxyl groups is 1. The Bertz CT molecular complexity index is 348. The van der Waals surface area contributed by atoms with Crippen molar-refractivity contribution in [2.45, 2.75) is 0 Å². The second-order valence-corrected chi connectivity index (χ2v) is 2.75. The van der Waals surface area contributed by atoms with Crippen molar-refractivity contribution in [2.24, 2.45) is 0 Å². The maximum Gasteiger partial charge on any atom is 0.338 e. The molecule has 2 N–H and O–H groups in total. The highest BCUT2D eigenvalue weighted by Gasteiger charge is 2.10. The van der Waals surface area contributed by atoms with E-state index in [1.165, 1.54) is 25.3 Å². The Morgan fingerprint density at radius 3 is 2.80 bits per heavy atom. The van der Waals surface area contributed by atoms with E-state index in [1.54, 1.807) is 0 Å². The van der Waals surface area contributed by atoms with Crippen LogP contribution in [0.5, 0.6) is 11.5 Å². The molecule has 0 amide bonds. The van der Waals surface area contributed by atoms with Crippen molar-refractivity contribution in [3.8, 4) is 11.5 Å². The number of carbonyl (C=O) groups excluding carboxylic acids is 1. The summed E-state index contributed by atoms with van der Waals surface area (Å²) in [6.45, 7) is -0.275. The van der Waals surface area contributed by atoms with Crippen LogP contribution in [0.25, 0.3) is 0 Å². The molecule has 5 nitrogen and oxygen atoms in total. The number of hydrogen-bond donors (Lipinski definition) is 2. The van der Waals surface area contributed by atoms with Crippen molar-refractivity contribution in [3.05, 3.63) is 23.8 Å². The van der Waals surface area contributed by atoms with Gasteiger partial charge in [-0.3, -0.25) is 0 Å². The van der Waals surface area contributed by atoms with Crippen LogP contribution in [-0.4, -0.2) is 36.5 Å². The van der Waals surface area contributed by atoms with Crippen LogP contribution in [0, 0.1) is 0 Å². The van der Waals surface area contributed by atoms with Crippen LogP contribution in [0.3, 0.4) is 0 Å². The molecule has 1 aromatic rings. The van der Waals surface area contributed by atoms with Gasteiger partial charge in [-0.15, -0.1) is 0 Å². The Labute approximate surface area is 86.9 Å². The number of phenolic OH excluding ortho intramolecular Hbond substituents is 1. The zero-order valence-electron chi connectivity index (χ0n) is 8.27. The van der Waals surface area contributed by atoms with Gasteiger partial charge < -0.3 is 19.7 Å². The summed E-state index contributed by atoms with van der Waals surface area (Å²) in [5, 5.41) is 17.7. The molecule has 0 aliphatic rings. The van der Waals surface area contributed by atoms with Crippen LogP contribution in [0.2, 0.25) is 0 Å². The molecule has 0 atom stereocenters. The SMILES string of the molecule is COc1cc(C(=O)OCCO)ccc1O. The number of esters is 1. The second-order valence-electron chi connectivity index (χ2n) is 2.75.